The number of halogens is 6. The van der Waals surface area contributed by atoms with E-state index in [2.05, 4.69) is 20.9 Å². The molecule has 6 nitrogen and oxygen atoms in total. The fourth-order valence-corrected chi connectivity index (χ4v) is 4.67. The van der Waals surface area contributed by atoms with Gasteiger partial charge < -0.3 is 9.80 Å². The first kappa shape index (κ1) is 28.9. The lowest BCUT2D eigenvalue weighted by Gasteiger charge is -2.30. The zero-order chi connectivity index (χ0) is 28.1. The first-order valence-corrected chi connectivity index (χ1v) is 12.1. The van der Waals surface area contributed by atoms with Gasteiger partial charge in [-0.3, -0.25) is 5.41 Å². The maximum Gasteiger partial charge on any atom is 0.416 e. The van der Waals surface area contributed by atoms with Crippen LogP contribution in [0.2, 0.25) is 0 Å². The molecule has 1 aliphatic carbocycles. The summed E-state index contributed by atoms with van der Waals surface area (Å²) in [4.78, 5) is 7.68. The Morgan fingerprint density at radius 2 is 1.66 bits per heavy atom. The van der Waals surface area contributed by atoms with Gasteiger partial charge in [0.15, 0.2) is 0 Å². The summed E-state index contributed by atoms with van der Waals surface area (Å²) in [6.45, 7) is 2.61. The maximum absolute atomic E-state index is 13.4. The number of nitrogens with one attached hydrogen (secondary N) is 2. The molecule has 2 N–H and O–H groups in total. The Labute approximate surface area is 217 Å². The van der Waals surface area contributed by atoms with Gasteiger partial charge in [0.1, 0.15) is 5.82 Å². The summed E-state index contributed by atoms with van der Waals surface area (Å²) in [5, 5.41) is 11.2. The number of nitrogens with zero attached hydrogens (tertiary/aromatic N) is 4. The molecule has 1 aromatic carbocycles. The van der Waals surface area contributed by atoms with E-state index in [9.17, 15) is 26.3 Å². The van der Waals surface area contributed by atoms with Crippen LogP contribution in [0.3, 0.4) is 0 Å². The lowest BCUT2D eigenvalue weighted by atomic mass is 10.0. The van der Waals surface area contributed by atoms with E-state index in [4.69, 9.17) is 17.4 Å². The zero-order valence-corrected chi connectivity index (χ0v) is 20.8. The monoisotopic (exact) mass is 538 g/mol. The van der Waals surface area contributed by atoms with E-state index in [1.165, 1.54) is 6.20 Å². The molecule has 1 fully saturated rings. The van der Waals surface area contributed by atoms with E-state index >= 15 is 0 Å². The minimum Gasteiger partial charge on any atom is -0.356 e. The molecule has 0 unspecified atom stereocenters. The van der Waals surface area contributed by atoms with E-state index in [1.807, 2.05) is 6.92 Å². The van der Waals surface area contributed by atoms with Crippen LogP contribution in [0.1, 0.15) is 60.4 Å². The van der Waals surface area contributed by atoms with E-state index in [1.54, 1.807) is 6.07 Å². The Morgan fingerprint density at radius 1 is 1.05 bits per heavy atom. The molecule has 1 heterocycles. The average molecular weight is 539 g/mol. The third-order valence-corrected chi connectivity index (χ3v) is 6.53. The normalized spacial score (nSPS) is 14.3. The molecule has 1 aliphatic rings. The number of pyridine rings is 1. The van der Waals surface area contributed by atoms with Crippen molar-refractivity contribution >= 4 is 11.8 Å². The van der Waals surface area contributed by atoms with E-state index in [0.29, 0.717) is 41.5 Å². The molecule has 38 heavy (non-hydrogen) atoms. The SMILES string of the molecule is C#Cc1cnc(N(CC)CC2CCCC2)c(CN(Cc2cc(C(F)(F)F)cc(C(F)(F)F)c2)C(=N)N=N)c1. The van der Waals surface area contributed by atoms with Gasteiger partial charge in [-0.15, -0.1) is 11.5 Å². The maximum atomic E-state index is 13.4. The van der Waals surface area contributed by atoms with Crippen LogP contribution in [0, 0.1) is 29.2 Å². The number of hydrogen-bond acceptors (Lipinski definition) is 4. The van der Waals surface area contributed by atoms with Crippen LogP contribution in [0.4, 0.5) is 32.2 Å². The minimum absolute atomic E-state index is 0.0502. The molecule has 0 bridgehead atoms. The minimum atomic E-state index is -5.01. The second-order valence-corrected chi connectivity index (χ2v) is 9.25. The second kappa shape index (κ2) is 11.8. The molecule has 1 aromatic heterocycles. The van der Waals surface area contributed by atoms with Crippen LogP contribution >= 0.6 is 0 Å². The van der Waals surface area contributed by atoms with Crippen LogP contribution in [0.15, 0.2) is 35.6 Å². The summed E-state index contributed by atoms with van der Waals surface area (Å²) in [6.07, 6.45) is 1.50. The second-order valence-electron chi connectivity index (χ2n) is 9.25. The van der Waals surface area contributed by atoms with Crippen LogP contribution in [-0.2, 0) is 25.4 Å². The Kier molecular flexibility index (Phi) is 9.01. The van der Waals surface area contributed by atoms with Crippen molar-refractivity contribution < 1.29 is 26.3 Å². The van der Waals surface area contributed by atoms with Gasteiger partial charge in [0.25, 0.3) is 0 Å². The Morgan fingerprint density at radius 3 is 2.16 bits per heavy atom. The molecule has 0 spiro atoms. The number of guanidine groups is 1. The summed E-state index contributed by atoms with van der Waals surface area (Å²) in [7, 11) is 0. The number of hydrogen-bond donors (Lipinski definition) is 2. The summed E-state index contributed by atoms with van der Waals surface area (Å²) in [6, 6.07) is 2.91. The van der Waals surface area contributed by atoms with Gasteiger partial charge in [-0.2, -0.15) is 26.3 Å². The molecule has 3 rings (SSSR count). The van der Waals surface area contributed by atoms with Crippen molar-refractivity contribution in [1.29, 1.82) is 10.9 Å². The van der Waals surface area contributed by atoms with E-state index in [-0.39, 0.29) is 18.2 Å². The van der Waals surface area contributed by atoms with Crippen molar-refractivity contribution in [2.45, 2.75) is 58.0 Å². The van der Waals surface area contributed by atoms with Gasteiger partial charge >= 0.3 is 12.4 Å². The lowest BCUT2D eigenvalue weighted by molar-refractivity contribution is -0.143. The molecular formula is C26H28F6N6. The van der Waals surface area contributed by atoms with Crippen molar-refractivity contribution in [3.63, 3.8) is 0 Å². The highest BCUT2D eigenvalue weighted by molar-refractivity contribution is 5.77. The van der Waals surface area contributed by atoms with Crippen molar-refractivity contribution in [2.24, 2.45) is 11.0 Å². The number of aromatic nitrogens is 1. The standard InChI is InChI=1S/C26H28F6N6/c1-3-17-9-20(23(35-13-17)37(4-2)14-18-7-5-6-8-18)16-38(24(33)36-34)15-19-10-21(25(27,28)29)12-22(11-19)26(30,31)32/h1,9-13,18,33-34H,4-8,14-16H2,2H3. The highest BCUT2D eigenvalue weighted by Gasteiger charge is 2.37. The highest BCUT2D eigenvalue weighted by Crippen LogP contribution is 2.37. The molecule has 0 atom stereocenters. The largest absolute Gasteiger partial charge is 0.416 e. The van der Waals surface area contributed by atoms with Crippen LogP contribution in [-0.4, -0.2) is 28.9 Å². The third-order valence-electron chi connectivity index (χ3n) is 6.53. The first-order valence-electron chi connectivity index (χ1n) is 12.1. The third kappa shape index (κ3) is 7.24. The molecule has 204 valence electrons. The number of benzene rings is 1. The zero-order valence-electron chi connectivity index (χ0n) is 20.8. The predicted molar refractivity (Wildman–Crippen MR) is 131 cm³/mol. The number of terminal acetylenes is 1. The van der Waals surface area contributed by atoms with Gasteiger partial charge in [0.05, 0.1) is 11.1 Å². The van der Waals surface area contributed by atoms with Crippen LogP contribution in [0.25, 0.3) is 0 Å². The molecule has 0 amide bonds. The van der Waals surface area contributed by atoms with Crippen molar-refractivity contribution in [2.75, 3.05) is 18.0 Å². The average Bonchev–Trinajstić information content (AvgIpc) is 3.38. The molecule has 0 radical (unpaired) electrons. The van der Waals surface area contributed by atoms with Crippen molar-refractivity contribution in [1.82, 2.24) is 9.88 Å². The molecule has 12 heteroatoms. The van der Waals surface area contributed by atoms with Crippen LogP contribution < -0.4 is 4.90 Å². The van der Waals surface area contributed by atoms with Crippen molar-refractivity contribution in [3.05, 3.63) is 58.3 Å². The highest BCUT2D eigenvalue weighted by atomic mass is 19.4. The van der Waals surface area contributed by atoms with Gasteiger partial charge in [-0.1, -0.05) is 18.8 Å². The molecule has 0 saturated heterocycles. The van der Waals surface area contributed by atoms with Gasteiger partial charge in [0.2, 0.25) is 5.96 Å². The molecule has 0 aliphatic heterocycles. The Balaban J connectivity index is 2.00. The molecule has 1 saturated carbocycles. The molecular weight excluding hydrogens is 510 g/mol. The lowest BCUT2D eigenvalue weighted by Crippen LogP contribution is -2.33. The first-order chi connectivity index (χ1) is 17.8. The fourth-order valence-electron chi connectivity index (χ4n) is 4.67. The Bertz CT molecular complexity index is 1160. The summed E-state index contributed by atoms with van der Waals surface area (Å²) in [5.41, 5.74) is 5.00. The van der Waals surface area contributed by atoms with Gasteiger partial charge in [-0.25, -0.2) is 10.5 Å². The summed E-state index contributed by atoms with van der Waals surface area (Å²) < 4.78 is 80.2. The molecule has 2 aromatic rings. The van der Waals surface area contributed by atoms with Gasteiger partial charge in [-0.05, 0) is 55.5 Å². The smallest absolute Gasteiger partial charge is 0.356 e. The quantitative estimate of drug-likeness (QED) is 0.124. The topological polar surface area (TPSA) is 79.4 Å². The van der Waals surface area contributed by atoms with Crippen molar-refractivity contribution in [3.8, 4) is 12.3 Å². The predicted octanol–water partition coefficient (Wildman–Crippen LogP) is 7.08. The number of alkyl halides is 6. The van der Waals surface area contributed by atoms with Gasteiger partial charge in [0, 0.05) is 43.5 Å². The van der Waals surface area contributed by atoms with Crippen LogP contribution in [0.5, 0.6) is 0 Å². The van der Waals surface area contributed by atoms with E-state index in [0.717, 1.165) is 37.1 Å². The summed E-state index contributed by atoms with van der Waals surface area (Å²) >= 11 is 0. The number of rotatable bonds is 8. The summed E-state index contributed by atoms with van der Waals surface area (Å²) in [5.74, 6) is 2.87. The Hall–Kier alpha value is -3.62. The number of anilines is 1. The fraction of sp³-hybridized carbons (Fsp3) is 0.462. The van der Waals surface area contributed by atoms with E-state index < -0.39 is 36.0 Å².